The molecule has 0 aromatic carbocycles. The summed E-state index contributed by atoms with van der Waals surface area (Å²) in [6, 6.07) is 1.07. The Hall–Kier alpha value is -3.72. The van der Waals surface area contributed by atoms with Gasteiger partial charge < -0.3 is 30.4 Å². The summed E-state index contributed by atoms with van der Waals surface area (Å²) in [6.45, 7) is 0.179. The number of anilines is 1. The number of aryl methyl sites for hydroxylation is 1. The van der Waals surface area contributed by atoms with E-state index in [1.807, 2.05) is 0 Å². The maximum absolute atomic E-state index is 13.1. The van der Waals surface area contributed by atoms with E-state index in [2.05, 4.69) is 25.6 Å². The molecule has 15 heteroatoms. The topological polar surface area (TPSA) is 150 Å². The van der Waals surface area contributed by atoms with Crippen LogP contribution in [-0.4, -0.2) is 81.2 Å². The van der Waals surface area contributed by atoms with Gasteiger partial charge in [0.25, 0.3) is 11.8 Å². The maximum Gasteiger partial charge on any atom is 0.422 e. The molecular formula is C23H25F3N6O5S. The third-order valence-corrected chi connectivity index (χ3v) is 6.72. The lowest BCUT2D eigenvalue weighted by molar-refractivity contribution is -0.153. The number of aliphatic hydroxyl groups is 1. The fourth-order valence-electron chi connectivity index (χ4n) is 4.11. The molecule has 4 rings (SSSR count). The number of carbonyl (C=O) groups excluding carboxylic acids is 3. The third-order valence-electron chi connectivity index (χ3n) is 5.95. The molecule has 0 unspecified atom stereocenters. The number of halogens is 3. The number of carbonyl (C=O) groups is 3. The Kier molecular flexibility index (Phi) is 8.16. The van der Waals surface area contributed by atoms with Crippen molar-refractivity contribution in [1.82, 2.24) is 25.2 Å². The van der Waals surface area contributed by atoms with Crippen molar-refractivity contribution in [2.75, 3.05) is 31.6 Å². The van der Waals surface area contributed by atoms with Gasteiger partial charge in [-0.1, -0.05) is 6.92 Å². The third kappa shape index (κ3) is 6.22. The van der Waals surface area contributed by atoms with E-state index >= 15 is 0 Å². The summed E-state index contributed by atoms with van der Waals surface area (Å²) in [6.07, 6.45) is -2.00. The fourth-order valence-corrected chi connectivity index (χ4v) is 4.64. The van der Waals surface area contributed by atoms with Crippen LogP contribution in [0.5, 0.6) is 5.75 Å². The lowest BCUT2D eigenvalue weighted by Gasteiger charge is -2.32. The number of rotatable bonds is 8. The molecule has 0 aliphatic carbocycles. The average molecular weight is 555 g/mol. The first-order valence-electron chi connectivity index (χ1n) is 11.7. The predicted molar refractivity (Wildman–Crippen MR) is 131 cm³/mol. The standard InChI is InChI=1S/C23H25F3N6O5S/c1-2-14-15(30-21(36)22-27-5-8-38-22)9-13-18(37-11-23(24,25)26)17(31-19(13)29-14)20(35)28-12-3-6-32(7-4-12)16(34)10-33/h5,8-9,12,33H,2-4,6-7,10-11H2,1H3,(H,28,35)(H,29,31)(H,30,36). The van der Waals surface area contributed by atoms with Crippen LogP contribution < -0.4 is 15.4 Å². The molecule has 0 radical (unpaired) electrons. The number of thiazole rings is 1. The molecule has 0 bridgehead atoms. The second-order valence-corrected chi connectivity index (χ2v) is 9.44. The van der Waals surface area contributed by atoms with E-state index < -0.39 is 37.1 Å². The van der Waals surface area contributed by atoms with Crippen molar-refractivity contribution in [2.45, 2.75) is 38.4 Å². The van der Waals surface area contributed by atoms with E-state index in [-0.39, 0.29) is 39.2 Å². The minimum Gasteiger partial charge on any atom is -0.481 e. The summed E-state index contributed by atoms with van der Waals surface area (Å²) in [5.41, 5.74) is 0.582. The van der Waals surface area contributed by atoms with E-state index in [4.69, 9.17) is 9.84 Å². The second-order valence-electron chi connectivity index (χ2n) is 8.54. The highest BCUT2D eigenvalue weighted by Gasteiger charge is 2.32. The molecule has 3 aromatic rings. The zero-order valence-corrected chi connectivity index (χ0v) is 21.0. The van der Waals surface area contributed by atoms with Gasteiger partial charge in [-0.3, -0.25) is 14.4 Å². The first-order valence-corrected chi connectivity index (χ1v) is 12.6. The predicted octanol–water partition coefficient (Wildman–Crippen LogP) is 2.49. The van der Waals surface area contributed by atoms with E-state index in [9.17, 15) is 27.6 Å². The van der Waals surface area contributed by atoms with Crippen molar-refractivity contribution >= 4 is 45.8 Å². The van der Waals surface area contributed by atoms with Crippen LogP contribution in [0.15, 0.2) is 17.6 Å². The van der Waals surface area contributed by atoms with Crippen LogP contribution in [0.1, 0.15) is 45.7 Å². The van der Waals surface area contributed by atoms with E-state index in [1.165, 1.54) is 17.2 Å². The van der Waals surface area contributed by atoms with Crippen molar-refractivity contribution in [3.8, 4) is 5.75 Å². The van der Waals surface area contributed by atoms with E-state index in [0.29, 0.717) is 38.0 Å². The van der Waals surface area contributed by atoms with Crippen molar-refractivity contribution in [3.63, 3.8) is 0 Å². The Balaban J connectivity index is 1.63. The molecule has 3 amide bonds. The van der Waals surface area contributed by atoms with Crippen LogP contribution in [-0.2, 0) is 11.2 Å². The Morgan fingerprint density at radius 1 is 1.26 bits per heavy atom. The first kappa shape index (κ1) is 27.3. The molecule has 11 nitrogen and oxygen atoms in total. The van der Waals surface area contributed by atoms with Crippen LogP contribution in [0, 0.1) is 0 Å². The van der Waals surface area contributed by atoms with Crippen LogP contribution in [0.2, 0.25) is 0 Å². The summed E-state index contributed by atoms with van der Waals surface area (Å²) in [7, 11) is 0. The number of hydrogen-bond donors (Lipinski definition) is 4. The smallest absolute Gasteiger partial charge is 0.422 e. The van der Waals surface area contributed by atoms with Gasteiger partial charge in [-0.25, -0.2) is 9.97 Å². The molecule has 0 atom stereocenters. The number of ether oxygens (including phenoxy) is 1. The number of aliphatic hydroxyl groups excluding tert-OH is 1. The molecule has 204 valence electrons. The number of pyridine rings is 1. The van der Waals surface area contributed by atoms with E-state index in [0.717, 1.165) is 11.3 Å². The Bertz CT molecular complexity index is 1320. The summed E-state index contributed by atoms with van der Waals surface area (Å²) >= 11 is 1.12. The molecule has 1 saturated heterocycles. The lowest BCUT2D eigenvalue weighted by Crippen LogP contribution is -2.47. The molecule has 3 aromatic heterocycles. The number of nitrogens with zero attached hydrogens (tertiary/aromatic N) is 3. The van der Waals surface area contributed by atoms with Gasteiger partial charge in [0.15, 0.2) is 17.4 Å². The van der Waals surface area contributed by atoms with Gasteiger partial charge in [0.05, 0.1) is 16.8 Å². The van der Waals surface area contributed by atoms with Gasteiger partial charge in [0.1, 0.15) is 17.9 Å². The van der Waals surface area contributed by atoms with Gasteiger partial charge >= 0.3 is 6.18 Å². The highest BCUT2D eigenvalue weighted by molar-refractivity contribution is 7.11. The van der Waals surface area contributed by atoms with Crippen LogP contribution in [0.25, 0.3) is 11.0 Å². The van der Waals surface area contributed by atoms with Crippen LogP contribution >= 0.6 is 11.3 Å². The van der Waals surface area contributed by atoms with Crippen molar-refractivity contribution in [1.29, 1.82) is 0 Å². The number of alkyl halides is 3. The lowest BCUT2D eigenvalue weighted by atomic mass is 10.0. The maximum atomic E-state index is 13.1. The Morgan fingerprint density at radius 2 is 2.00 bits per heavy atom. The minimum atomic E-state index is -4.66. The molecule has 0 saturated carbocycles. The zero-order chi connectivity index (χ0) is 27.4. The molecule has 0 spiro atoms. The van der Waals surface area contributed by atoms with E-state index in [1.54, 1.807) is 12.3 Å². The van der Waals surface area contributed by atoms with Crippen molar-refractivity contribution < 1.29 is 37.4 Å². The molecule has 1 aliphatic heterocycles. The van der Waals surface area contributed by atoms with Gasteiger partial charge in [-0.15, -0.1) is 11.3 Å². The molecule has 4 heterocycles. The van der Waals surface area contributed by atoms with Crippen molar-refractivity contribution in [2.24, 2.45) is 0 Å². The number of aromatic nitrogens is 3. The highest BCUT2D eigenvalue weighted by Crippen LogP contribution is 2.34. The normalized spacial score (nSPS) is 14.5. The number of hydrogen-bond acceptors (Lipinski definition) is 8. The quantitative estimate of drug-likeness (QED) is 0.334. The Morgan fingerprint density at radius 3 is 2.61 bits per heavy atom. The molecule has 1 aliphatic rings. The summed E-state index contributed by atoms with van der Waals surface area (Å²) < 4.78 is 44.2. The monoisotopic (exact) mass is 554 g/mol. The second kappa shape index (κ2) is 11.3. The highest BCUT2D eigenvalue weighted by atomic mass is 32.1. The number of fused-ring (bicyclic) bond motifs is 1. The SMILES string of the molecule is CCc1nc2[nH]c(C(=O)NC3CCN(C(=O)CO)CC3)c(OCC(F)(F)F)c2cc1NC(=O)c1nccs1. The fraction of sp³-hybridized carbons (Fsp3) is 0.435. The van der Waals surface area contributed by atoms with Crippen molar-refractivity contribution in [3.05, 3.63) is 34.0 Å². The number of piperidine rings is 1. The molecular weight excluding hydrogens is 529 g/mol. The first-order chi connectivity index (χ1) is 18.1. The van der Waals surface area contributed by atoms with Gasteiger partial charge in [0.2, 0.25) is 5.91 Å². The average Bonchev–Trinajstić information content (AvgIpc) is 3.55. The van der Waals surface area contributed by atoms with Gasteiger partial charge in [0, 0.05) is 30.7 Å². The largest absolute Gasteiger partial charge is 0.481 e. The van der Waals surface area contributed by atoms with Crippen LogP contribution in [0.4, 0.5) is 18.9 Å². The summed E-state index contributed by atoms with van der Waals surface area (Å²) in [4.78, 5) is 50.0. The molecule has 1 fully saturated rings. The number of amides is 3. The summed E-state index contributed by atoms with van der Waals surface area (Å²) in [5, 5.41) is 16.4. The number of likely N-dealkylation sites (tertiary alicyclic amines) is 1. The zero-order valence-electron chi connectivity index (χ0n) is 20.2. The number of aromatic amines is 1. The minimum absolute atomic E-state index is 0.0920. The van der Waals surface area contributed by atoms with Gasteiger partial charge in [-0.2, -0.15) is 13.2 Å². The molecule has 4 N–H and O–H groups in total. The van der Waals surface area contributed by atoms with Gasteiger partial charge in [-0.05, 0) is 25.3 Å². The number of H-pyrrole nitrogens is 1. The summed E-state index contributed by atoms with van der Waals surface area (Å²) in [5.74, 6) is -1.96. The Labute approximate surface area is 218 Å². The van der Waals surface area contributed by atoms with Crippen LogP contribution in [0.3, 0.4) is 0 Å². The number of nitrogens with one attached hydrogen (secondary N) is 3. The molecule has 38 heavy (non-hydrogen) atoms.